The quantitative estimate of drug-likeness (QED) is 0.680. The van der Waals surface area contributed by atoms with Gasteiger partial charge in [-0.05, 0) is 25.1 Å². The molecule has 1 heterocycles. The van der Waals surface area contributed by atoms with E-state index in [1.807, 2.05) is 0 Å². The zero-order valence-electron chi connectivity index (χ0n) is 11.5. The van der Waals surface area contributed by atoms with Crippen molar-refractivity contribution in [2.75, 3.05) is 6.61 Å². The highest BCUT2D eigenvalue weighted by atomic mass is 19.1. The Bertz CT molecular complexity index is 752. The van der Waals surface area contributed by atoms with Gasteiger partial charge in [-0.2, -0.15) is 0 Å². The maximum absolute atomic E-state index is 13.4. The molecule has 2 rings (SSSR count). The van der Waals surface area contributed by atoms with Crippen LogP contribution in [-0.4, -0.2) is 29.1 Å². The van der Waals surface area contributed by atoms with Crippen LogP contribution in [0.2, 0.25) is 0 Å². The van der Waals surface area contributed by atoms with Crippen molar-refractivity contribution in [3.8, 4) is 0 Å². The number of benzene rings is 1. The molecule has 0 saturated heterocycles. The first-order valence-electron chi connectivity index (χ1n) is 6.23. The van der Waals surface area contributed by atoms with Gasteiger partial charge in [-0.3, -0.25) is 9.59 Å². The zero-order chi connectivity index (χ0) is 16.3. The number of rotatable bonds is 5. The smallest absolute Gasteiger partial charge is 0.355 e. The molecule has 0 spiro atoms. The summed E-state index contributed by atoms with van der Waals surface area (Å²) in [6, 6.07) is 3.76. The second-order valence-corrected chi connectivity index (χ2v) is 4.48. The number of H-pyrrole nitrogens is 1. The summed E-state index contributed by atoms with van der Waals surface area (Å²) in [5, 5.41) is 0. The average Bonchev–Trinajstić information content (AvgIpc) is 2.94. The maximum atomic E-state index is 13.4. The number of aromatic nitrogens is 1. The van der Waals surface area contributed by atoms with E-state index in [0.29, 0.717) is 11.6 Å². The lowest BCUT2D eigenvalue weighted by Crippen LogP contribution is -2.15. The maximum Gasteiger partial charge on any atom is 0.355 e. The molecule has 0 aliphatic rings. The molecule has 7 heteroatoms. The van der Waals surface area contributed by atoms with Gasteiger partial charge in [-0.1, -0.05) is 0 Å². The van der Waals surface area contributed by atoms with Crippen molar-refractivity contribution in [2.45, 2.75) is 6.92 Å². The molecule has 2 aromatic rings. The highest BCUT2D eigenvalue weighted by Crippen LogP contribution is 2.11. The van der Waals surface area contributed by atoms with Crippen molar-refractivity contribution in [3.05, 3.63) is 58.9 Å². The van der Waals surface area contributed by atoms with E-state index in [1.165, 1.54) is 19.2 Å². The van der Waals surface area contributed by atoms with Crippen LogP contribution in [0.5, 0.6) is 0 Å². The Morgan fingerprint density at radius 2 is 1.91 bits per heavy atom. The highest BCUT2D eigenvalue weighted by molar-refractivity contribution is 6.00. The van der Waals surface area contributed by atoms with Crippen LogP contribution in [0.25, 0.3) is 0 Å². The van der Waals surface area contributed by atoms with E-state index in [0.717, 1.165) is 12.1 Å². The SMILES string of the molecule is CC(=O)c1c[nH]c(C(=O)OCC(=O)c2ccc(F)cc2F)c1. The molecule has 0 unspecified atom stereocenters. The lowest BCUT2D eigenvalue weighted by atomic mass is 10.1. The number of aromatic amines is 1. The second-order valence-electron chi connectivity index (χ2n) is 4.48. The first kappa shape index (κ1) is 15.6. The topological polar surface area (TPSA) is 76.2 Å². The number of ether oxygens (including phenoxy) is 1. The van der Waals surface area contributed by atoms with Crippen LogP contribution in [0, 0.1) is 11.6 Å². The molecule has 1 N–H and O–H groups in total. The molecular weight excluding hydrogens is 296 g/mol. The van der Waals surface area contributed by atoms with Crippen molar-refractivity contribution in [3.63, 3.8) is 0 Å². The van der Waals surface area contributed by atoms with Gasteiger partial charge >= 0.3 is 5.97 Å². The molecule has 0 amide bonds. The lowest BCUT2D eigenvalue weighted by molar-refractivity contribution is 0.0468. The number of carbonyl (C=O) groups excluding carboxylic acids is 3. The number of carbonyl (C=O) groups is 3. The van der Waals surface area contributed by atoms with E-state index in [4.69, 9.17) is 4.74 Å². The Balaban J connectivity index is 2.01. The van der Waals surface area contributed by atoms with Gasteiger partial charge in [0.1, 0.15) is 17.3 Å². The molecule has 0 aliphatic heterocycles. The van der Waals surface area contributed by atoms with Crippen molar-refractivity contribution in [1.29, 1.82) is 0 Å². The van der Waals surface area contributed by atoms with Crippen LogP contribution >= 0.6 is 0 Å². The fraction of sp³-hybridized carbons (Fsp3) is 0.133. The molecular formula is C15H11F2NO4. The highest BCUT2D eigenvalue weighted by Gasteiger charge is 2.17. The van der Waals surface area contributed by atoms with Gasteiger partial charge in [0, 0.05) is 17.8 Å². The average molecular weight is 307 g/mol. The number of nitrogens with one attached hydrogen (secondary N) is 1. The van der Waals surface area contributed by atoms with Crippen molar-refractivity contribution in [1.82, 2.24) is 4.98 Å². The third-order valence-electron chi connectivity index (χ3n) is 2.88. The Labute approximate surface area is 123 Å². The summed E-state index contributed by atoms with van der Waals surface area (Å²) in [7, 11) is 0. The minimum atomic E-state index is -1.03. The van der Waals surface area contributed by atoms with Gasteiger partial charge in [-0.15, -0.1) is 0 Å². The summed E-state index contributed by atoms with van der Waals surface area (Å²) < 4.78 is 30.9. The zero-order valence-corrected chi connectivity index (χ0v) is 11.5. The van der Waals surface area contributed by atoms with Gasteiger partial charge in [0.05, 0.1) is 5.56 Å². The summed E-state index contributed by atoms with van der Waals surface area (Å²) in [6.45, 7) is 0.634. The van der Waals surface area contributed by atoms with Gasteiger partial charge in [0.15, 0.2) is 12.4 Å². The van der Waals surface area contributed by atoms with Gasteiger partial charge in [0.2, 0.25) is 5.78 Å². The molecule has 5 nitrogen and oxygen atoms in total. The summed E-state index contributed by atoms with van der Waals surface area (Å²) in [5.74, 6) is -3.73. The molecule has 114 valence electrons. The van der Waals surface area contributed by atoms with E-state index in [-0.39, 0.29) is 17.0 Å². The number of ketones is 2. The molecule has 0 aliphatic carbocycles. The number of Topliss-reactive ketones (excluding diaryl/α,β-unsaturated/α-hetero) is 2. The Morgan fingerprint density at radius 3 is 2.50 bits per heavy atom. The van der Waals surface area contributed by atoms with Crippen molar-refractivity contribution < 1.29 is 27.9 Å². The first-order chi connectivity index (χ1) is 10.4. The predicted molar refractivity (Wildman–Crippen MR) is 71.8 cm³/mol. The summed E-state index contributed by atoms with van der Waals surface area (Å²) in [4.78, 5) is 37.0. The van der Waals surface area contributed by atoms with Crippen LogP contribution in [0.3, 0.4) is 0 Å². The van der Waals surface area contributed by atoms with Crippen LogP contribution < -0.4 is 0 Å². The molecule has 1 aromatic carbocycles. The minimum Gasteiger partial charge on any atom is -0.453 e. The standard InChI is InChI=1S/C15H11F2NO4/c1-8(19)9-4-13(18-6-9)15(21)22-7-14(20)11-3-2-10(16)5-12(11)17/h2-6,18H,7H2,1H3. The summed E-state index contributed by atoms with van der Waals surface area (Å²) in [5.41, 5.74) is -0.0782. The Morgan fingerprint density at radius 1 is 1.18 bits per heavy atom. The van der Waals surface area contributed by atoms with Crippen LogP contribution in [-0.2, 0) is 4.74 Å². The van der Waals surface area contributed by atoms with E-state index in [1.54, 1.807) is 0 Å². The number of hydrogen-bond acceptors (Lipinski definition) is 4. The Kier molecular flexibility index (Phi) is 4.45. The third kappa shape index (κ3) is 3.43. The minimum absolute atomic E-state index is 0.00224. The predicted octanol–water partition coefficient (Wildman–Crippen LogP) is 2.54. The largest absolute Gasteiger partial charge is 0.453 e. The third-order valence-corrected chi connectivity index (χ3v) is 2.88. The normalized spacial score (nSPS) is 10.3. The first-order valence-corrected chi connectivity index (χ1v) is 6.23. The van der Waals surface area contributed by atoms with E-state index >= 15 is 0 Å². The molecule has 0 bridgehead atoms. The van der Waals surface area contributed by atoms with Gasteiger partial charge in [0.25, 0.3) is 0 Å². The number of hydrogen-bond donors (Lipinski definition) is 1. The van der Waals surface area contributed by atoms with E-state index in [9.17, 15) is 23.2 Å². The molecule has 0 fully saturated rings. The molecule has 0 atom stereocenters. The van der Waals surface area contributed by atoms with Crippen LogP contribution in [0.15, 0.2) is 30.5 Å². The lowest BCUT2D eigenvalue weighted by Gasteiger charge is -2.04. The molecule has 1 aromatic heterocycles. The van der Waals surface area contributed by atoms with Gasteiger partial charge < -0.3 is 9.72 Å². The Hall–Kier alpha value is -2.83. The van der Waals surface area contributed by atoms with Crippen LogP contribution in [0.4, 0.5) is 8.78 Å². The molecule has 22 heavy (non-hydrogen) atoms. The number of esters is 1. The summed E-state index contributed by atoms with van der Waals surface area (Å²) >= 11 is 0. The van der Waals surface area contributed by atoms with Crippen molar-refractivity contribution >= 4 is 17.5 Å². The molecule has 0 radical (unpaired) electrons. The molecule has 0 saturated carbocycles. The van der Waals surface area contributed by atoms with Crippen LogP contribution in [0.1, 0.15) is 38.1 Å². The van der Waals surface area contributed by atoms with E-state index in [2.05, 4.69) is 4.98 Å². The second kappa shape index (κ2) is 6.30. The monoisotopic (exact) mass is 307 g/mol. The number of halogens is 2. The fourth-order valence-corrected chi connectivity index (χ4v) is 1.72. The van der Waals surface area contributed by atoms with Crippen molar-refractivity contribution in [2.24, 2.45) is 0 Å². The summed E-state index contributed by atoms with van der Waals surface area (Å²) in [6.07, 6.45) is 1.33. The fourth-order valence-electron chi connectivity index (χ4n) is 1.72. The van der Waals surface area contributed by atoms with E-state index < -0.39 is 30.0 Å². The van der Waals surface area contributed by atoms with Gasteiger partial charge in [-0.25, -0.2) is 13.6 Å².